The fourth-order valence-corrected chi connectivity index (χ4v) is 3.94. The predicted octanol–water partition coefficient (Wildman–Crippen LogP) is 6.94. The van der Waals surface area contributed by atoms with Gasteiger partial charge >= 0.3 is 5.97 Å². The highest BCUT2D eigenvalue weighted by atomic mass is 35.5. The van der Waals surface area contributed by atoms with E-state index in [2.05, 4.69) is 10.5 Å². The van der Waals surface area contributed by atoms with Crippen LogP contribution in [0.5, 0.6) is 11.5 Å². The molecule has 0 saturated carbocycles. The van der Waals surface area contributed by atoms with Crippen LogP contribution in [-0.2, 0) is 4.79 Å². The van der Waals surface area contributed by atoms with Crippen LogP contribution in [0.2, 0.25) is 15.1 Å². The number of halogens is 3. The third kappa shape index (κ3) is 6.15. The van der Waals surface area contributed by atoms with Crippen molar-refractivity contribution in [1.82, 2.24) is 5.43 Å². The number of benzene rings is 4. The summed E-state index contributed by atoms with van der Waals surface area (Å²) in [7, 11) is 0. The predicted molar refractivity (Wildman–Crippen MR) is 143 cm³/mol. The second-order valence-corrected chi connectivity index (χ2v) is 8.94. The summed E-state index contributed by atoms with van der Waals surface area (Å²) in [6.07, 6.45) is 0.599. The van der Waals surface area contributed by atoms with Gasteiger partial charge in [0.25, 0.3) is 5.91 Å². The van der Waals surface area contributed by atoms with Crippen molar-refractivity contribution in [3.05, 3.63) is 105 Å². The molecule has 0 aliphatic heterocycles. The van der Waals surface area contributed by atoms with Gasteiger partial charge in [0.1, 0.15) is 11.5 Å². The number of carbonyl (C=O) groups is 2. The number of fused-ring (bicyclic) bond motifs is 1. The number of hydrogen-bond donors (Lipinski definition) is 1. The van der Waals surface area contributed by atoms with Gasteiger partial charge in [-0.3, -0.25) is 4.79 Å². The van der Waals surface area contributed by atoms with Crippen molar-refractivity contribution in [1.29, 1.82) is 0 Å². The molecule has 6 nitrogen and oxygen atoms in total. The molecule has 36 heavy (non-hydrogen) atoms. The molecule has 0 radical (unpaired) electrons. The van der Waals surface area contributed by atoms with Gasteiger partial charge in [0.2, 0.25) is 0 Å². The minimum Gasteiger partial charge on any atom is -0.481 e. The maximum Gasteiger partial charge on any atom is 0.345 e. The van der Waals surface area contributed by atoms with E-state index >= 15 is 0 Å². The van der Waals surface area contributed by atoms with Crippen LogP contribution < -0.4 is 14.9 Å². The van der Waals surface area contributed by atoms with Crippen molar-refractivity contribution in [2.75, 3.05) is 0 Å². The molecule has 0 heterocycles. The molecule has 1 atom stereocenters. The Balaban J connectivity index is 1.54. The molecular formula is C27H19Cl3N2O4. The summed E-state index contributed by atoms with van der Waals surface area (Å²) >= 11 is 18.0. The molecule has 0 aliphatic rings. The fraction of sp³-hybridized carbons (Fsp3) is 0.0741. The van der Waals surface area contributed by atoms with Crippen LogP contribution in [0.1, 0.15) is 22.8 Å². The molecule has 0 saturated heterocycles. The minimum absolute atomic E-state index is 0.165. The van der Waals surface area contributed by atoms with Gasteiger partial charge in [0, 0.05) is 15.6 Å². The van der Waals surface area contributed by atoms with Crippen molar-refractivity contribution in [3.63, 3.8) is 0 Å². The lowest BCUT2D eigenvalue weighted by Crippen LogP contribution is -2.33. The van der Waals surface area contributed by atoms with E-state index in [1.807, 2.05) is 30.3 Å². The third-order valence-electron chi connectivity index (χ3n) is 5.15. The van der Waals surface area contributed by atoms with E-state index in [0.717, 1.165) is 10.8 Å². The lowest BCUT2D eigenvalue weighted by Gasteiger charge is -2.13. The summed E-state index contributed by atoms with van der Waals surface area (Å²) in [6, 6.07) is 22.1. The Morgan fingerprint density at radius 1 is 0.917 bits per heavy atom. The van der Waals surface area contributed by atoms with E-state index in [1.165, 1.54) is 18.3 Å². The van der Waals surface area contributed by atoms with Crippen LogP contribution >= 0.6 is 34.8 Å². The van der Waals surface area contributed by atoms with Crippen LogP contribution in [-0.4, -0.2) is 24.2 Å². The number of nitrogens with zero attached hydrogens (tertiary/aromatic N) is 1. The first-order valence-corrected chi connectivity index (χ1v) is 11.9. The topological polar surface area (TPSA) is 77.0 Å². The van der Waals surface area contributed by atoms with Gasteiger partial charge in [-0.2, -0.15) is 5.10 Å². The summed E-state index contributed by atoms with van der Waals surface area (Å²) < 4.78 is 11.3. The van der Waals surface area contributed by atoms with Gasteiger partial charge in [-0.25, -0.2) is 10.2 Å². The molecule has 182 valence electrons. The Hall–Kier alpha value is -3.58. The molecule has 0 bridgehead atoms. The van der Waals surface area contributed by atoms with E-state index < -0.39 is 18.0 Å². The van der Waals surface area contributed by atoms with E-state index in [1.54, 1.807) is 43.3 Å². The monoisotopic (exact) mass is 540 g/mol. The molecule has 0 unspecified atom stereocenters. The van der Waals surface area contributed by atoms with E-state index in [-0.39, 0.29) is 16.3 Å². The Bertz CT molecular complexity index is 1460. The maximum atomic E-state index is 12.8. The third-order valence-corrected chi connectivity index (χ3v) is 5.95. The standard InChI is InChI=1S/C27H19Cl3N2O4/c1-16(35-20-10-7-18(28)8-11-20)26(33)32-31-15-23-21-5-3-2-4-17(21)6-13-25(23)36-27(34)22-12-9-19(29)14-24(22)30/h2-16H,1H3,(H,32,33)/b31-15-/t16-/m0/s1. The molecule has 1 N–H and O–H groups in total. The average Bonchev–Trinajstić information content (AvgIpc) is 2.86. The number of hydrogen-bond acceptors (Lipinski definition) is 5. The molecule has 4 rings (SSSR count). The van der Waals surface area contributed by atoms with Crippen molar-refractivity contribution < 1.29 is 19.1 Å². The van der Waals surface area contributed by atoms with E-state index in [0.29, 0.717) is 21.4 Å². The number of ether oxygens (including phenoxy) is 2. The quantitative estimate of drug-likeness (QED) is 0.119. The SMILES string of the molecule is C[C@H](Oc1ccc(Cl)cc1)C(=O)N/N=C\c1c(OC(=O)c2ccc(Cl)cc2Cl)ccc2ccccc12. The number of esters is 1. The second kappa shape index (κ2) is 11.4. The largest absolute Gasteiger partial charge is 0.481 e. The van der Waals surface area contributed by atoms with Crippen LogP contribution in [0.15, 0.2) is 84.0 Å². The summed E-state index contributed by atoms with van der Waals surface area (Å²) in [5.41, 5.74) is 3.12. The van der Waals surface area contributed by atoms with Gasteiger partial charge < -0.3 is 9.47 Å². The Labute approximate surface area is 222 Å². The first-order valence-electron chi connectivity index (χ1n) is 10.8. The van der Waals surface area contributed by atoms with Gasteiger partial charge in [-0.1, -0.05) is 65.1 Å². The molecule has 9 heteroatoms. The van der Waals surface area contributed by atoms with E-state index in [9.17, 15) is 9.59 Å². The molecule has 0 spiro atoms. The first kappa shape index (κ1) is 25.5. The van der Waals surface area contributed by atoms with Gasteiger partial charge in [-0.15, -0.1) is 0 Å². The Morgan fingerprint density at radius 3 is 2.39 bits per heavy atom. The normalized spacial score (nSPS) is 11.9. The van der Waals surface area contributed by atoms with Crippen molar-refractivity contribution >= 4 is 63.7 Å². The van der Waals surface area contributed by atoms with Crippen molar-refractivity contribution in [3.8, 4) is 11.5 Å². The molecular weight excluding hydrogens is 523 g/mol. The number of hydrazone groups is 1. The number of rotatable bonds is 7. The van der Waals surface area contributed by atoms with Crippen LogP contribution in [0.4, 0.5) is 0 Å². The number of nitrogens with one attached hydrogen (secondary N) is 1. The smallest absolute Gasteiger partial charge is 0.345 e. The summed E-state index contributed by atoms with van der Waals surface area (Å²) in [6.45, 7) is 1.60. The van der Waals surface area contributed by atoms with Crippen molar-refractivity contribution in [2.45, 2.75) is 13.0 Å². The van der Waals surface area contributed by atoms with Crippen LogP contribution in [0.3, 0.4) is 0 Å². The van der Waals surface area contributed by atoms with E-state index in [4.69, 9.17) is 44.3 Å². The Morgan fingerprint density at radius 2 is 1.64 bits per heavy atom. The zero-order chi connectivity index (χ0) is 25.7. The summed E-state index contributed by atoms with van der Waals surface area (Å²) in [5.74, 6) is -0.383. The van der Waals surface area contributed by atoms with Crippen LogP contribution in [0, 0.1) is 0 Å². The molecule has 4 aromatic rings. The zero-order valence-corrected chi connectivity index (χ0v) is 21.1. The fourth-order valence-electron chi connectivity index (χ4n) is 3.33. The molecule has 1 amide bonds. The van der Waals surface area contributed by atoms with Crippen molar-refractivity contribution in [2.24, 2.45) is 5.10 Å². The minimum atomic E-state index is -0.819. The lowest BCUT2D eigenvalue weighted by atomic mass is 10.0. The molecule has 4 aromatic carbocycles. The highest BCUT2D eigenvalue weighted by Gasteiger charge is 2.17. The molecule has 0 aliphatic carbocycles. The van der Waals surface area contributed by atoms with Gasteiger partial charge in [0.15, 0.2) is 6.10 Å². The molecule has 0 fully saturated rings. The highest BCUT2D eigenvalue weighted by molar-refractivity contribution is 6.36. The Kier molecular flexibility index (Phi) is 8.10. The maximum absolute atomic E-state index is 12.8. The first-order chi connectivity index (χ1) is 17.3. The summed E-state index contributed by atoms with van der Waals surface area (Å²) in [4.78, 5) is 25.3. The van der Waals surface area contributed by atoms with Gasteiger partial charge in [-0.05, 0) is 66.2 Å². The lowest BCUT2D eigenvalue weighted by molar-refractivity contribution is -0.127. The average molecular weight is 542 g/mol. The number of carbonyl (C=O) groups excluding carboxylic acids is 2. The van der Waals surface area contributed by atoms with Crippen LogP contribution in [0.25, 0.3) is 10.8 Å². The zero-order valence-electron chi connectivity index (χ0n) is 18.9. The summed E-state index contributed by atoms with van der Waals surface area (Å²) in [5, 5.41) is 6.89. The highest BCUT2D eigenvalue weighted by Crippen LogP contribution is 2.29. The van der Waals surface area contributed by atoms with Gasteiger partial charge in [0.05, 0.1) is 16.8 Å². The number of amides is 1. The second-order valence-electron chi connectivity index (χ2n) is 7.66. The molecule has 0 aromatic heterocycles.